The van der Waals surface area contributed by atoms with Crippen LogP contribution in [0.3, 0.4) is 0 Å². The van der Waals surface area contributed by atoms with Crippen LogP contribution in [-0.2, 0) is 15.2 Å². The molecule has 3 heteroatoms. The number of rotatable bonds is 2. The summed E-state index contributed by atoms with van der Waals surface area (Å²) in [5.41, 5.74) is 2.76. The Hall–Kier alpha value is -2.13. The Morgan fingerprint density at radius 1 is 0.947 bits per heavy atom. The smallest absolute Gasteiger partial charge is 0.163 e. The molecule has 19 heavy (non-hydrogen) atoms. The first-order chi connectivity index (χ1) is 9.40. The van der Waals surface area contributed by atoms with Crippen LogP contribution in [-0.4, -0.2) is 18.4 Å². The van der Waals surface area contributed by atoms with Crippen molar-refractivity contribution < 1.29 is 9.57 Å². The largest absolute Gasteiger partial charge is 0.392 e. The highest BCUT2D eigenvalue weighted by Gasteiger charge is 2.63. The second kappa shape index (κ2) is 3.93. The number of oxime groups is 1. The molecule has 0 aliphatic carbocycles. The summed E-state index contributed by atoms with van der Waals surface area (Å²) in [5, 5.41) is 4.18. The van der Waals surface area contributed by atoms with Gasteiger partial charge in [0.15, 0.2) is 12.2 Å². The van der Waals surface area contributed by atoms with E-state index in [1.165, 1.54) is 0 Å². The summed E-state index contributed by atoms with van der Waals surface area (Å²) in [5.74, 6) is 0. The van der Waals surface area contributed by atoms with Crippen molar-refractivity contribution in [1.29, 1.82) is 0 Å². The van der Waals surface area contributed by atoms with Crippen LogP contribution in [0.2, 0.25) is 0 Å². The number of nitrogens with zero attached hydrogens (tertiary/aromatic N) is 1. The van der Waals surface area contributed by atoms with Crippen LogP contribution < -0.4 is 0 Å². The van der Waals surface area contributed by atoms with Crippen LogP contribution in [0.4, 0.5) is 0 Å². The van der Waals surface area contributed by atoms with Crippen LogP contribution in [0.15, 0.2) is 65.8 Å². The van der Waals surface area contributed by atoms with Crippen molar-refractivity contribution >= 4 is 5.71 Å². The van der Waals surface area contributed by atoms with Gasteiger partial charge < -0.3 is 9.57 Å². The summed E-state index contributed by atoms with van der Waals surface area (Å²) in [6.45, 7) is 0.484. The summed E-state index contributed by atoms with van der Waals surface area (Å²) in [6, 6.07) is 20.3. The number of epoxide rings is 1. The molecular weight excluding hydrogens is 238 g/mol. The number of ether oxygens (including phenoxy) is 1. The zero-order valence-corrected chi connectivity index (χ0v) is 10.3. The lowest BCUT2D eigenvalue weighted by Crippen LogP contribution is -2.28. The van der Waals surface area contributed by atoms with Crippen molar-refractivity contribution in [2.75, 3.05) is 6.61 Å². The van der Waals surface area contributed by atoms with Gasteiger partial charge in [0.25, 0.3) is 0 Å². The van der Waals surface area contributed by atoms with E-state index in [4.69, 9.17) is 9.57 Å². The maximum absolute atomic E-state index is 5.96. The van der Waals surface area contributed by atoms with E-state index in [1.54, 1.807) is 0 Å². The molecule has 2 unspecified atom stereocenters. The fraction of sp³-hybridized carbons (Fsp3) is 0.188. The molecule has 0 aromatic heterocycles. The van der Waals surface area contributed by atoms with Gasteiger partial charge in [-0.25, -0.2) is 0 Å². The topological polar surface area (TPSA) is 34.1 Å². The van der Waals surface area contributed by atoms with Crippen molar-refractivity contribution in [3.05, 3.63) is 71.8 Å². The monoisotopic (exact) mass is 251 g/mol. The minimum atomic E-state index is -0.339. The summed E-state index contributed by atoms with van der Waals surface area (Å²) in [6.07, 6.45) is 0.00560. The Morgan fingerprint density at radius 2 is 1.63 bits per heavy atom. The molecule has 3 nitrogen and oxygen atoms in total. The lowest BCUT2D eigenvalue weighted by atomic mass is 9.91. The van der Waals surface area contributed by atoms with E-state index in [1.807, 2.05) is 48.5 Å². The van der Waals surface area contributed by atoms with Gasteiger partial charge in [-0.05, 0) is 5.56 Å². The summed E-state index contributed by atoms with van der Waals surface area (Å²) in [4.78, 5) is 5.41. The van der Waals surface area contributed by atoms with E-state index < -0.39 is 0 Å². The zero-order valence-electron chi connectivity index (χ0n) is 10.3. The lowest BCUT2D eigenvalue weighted by Gasteiger charge is -2.17. The van der Waals surface area contributed by atoms with Gasteiger partial charge in [0.2, 0.25) is 0 Å². The summed E-state index contributed by atoms with van der Waals surface area (Å²) in [7, 11) is 0. The van der Waals surface area contributed by atoms with Crippen molar-refractivity contribution in [1.82, 2.24) is 0 Å². The average Bonchev–Trinajstić information content (AvgIpc) is 3.25. The van der Waals surface area contributed by atoms with Crippen molar-refractivity contribution in [3.8, 4) is 0 Å². The molecule has 2 aliphatic rings. The van der Waals surface area contributed by atoms with Crippen LogP contribution in [0.25, 0.3) is 0 Å². The molecule has 0 amide bonds. The first kappa shape index (κ1) is 10.8. The van der Waals surface area contributed by atoms with Gasteiger partial charge in [0, 0.05) is 5.56 Å². The second-order valence-electron chi connectivity index (χ2n) is 4.87. The highest BCUT2D eigenvalue weighted by molar-refractivity contribution is 6.06. The number of benzene rings is 2. The van der Waals surface area contributed by atoms with Gasteiger partial charge >= 0.3 is 0 Å². The van der Waals surface area contributed by atoms with Crippen LogP contribution >= 0.6 is 0 Å². The van der Waals surface area contributed by atoms with E-state index in [9.17, 15) is 0 Å². The second-order valence-corrected chi connectivity index (χ2v) is 4.87. The minimum absolute atomic E-state index is 0.00560. The van der Waals surface area contributed by atoms with Gasteiger partial charge in [0.05, 0.1) is 0 Å². The Kier molecular flexibility index (Phi) is 2.23. The molecule has 0 bridgehead atoms. The molecule has 0 spiro atoms. The van der Waals surface area contributed by atoms with Gasteiger partial charge in [-0.1, -0.05) is 65.8 Å². The average molecular weight is 251 g/mol. The predicted molar refractivity (Wildman–Crippen MR) is 71.9 cm³/mol. The lowest BCUT2D eigenvalue weighted by molar-refractivity contribution is 0.0828. The van der Waals surface area contributed by atoms with E-state index in [0.29, 0.717) is 6.61 Å². The fourth-order valence-corrected chi connectivity index (χ4v) is 2.64. The van der Waals surface area contributed by atoms with Gasteiger partial charge in [0.1, 0.15) is 11.8 Å². The molecule has 4 rings (SSSR count). The van der Waals surface area contributed by atoms with E-state index in [0.717, 1.165) is 16.8 Å². The maximum Gasteiger partial charge on any atom is 0.163 e. The molecule has 2 aliphatic heterocycles. The first-order valence-corrected chi connectivity index (χ1v) is 6.39. The van der Waals surface area contributed by atoms with Crippen molar-refractivity contribution in [2.24, 2.45) is 5.16 Å². The van der Waals surface area contributed by atoms with Gasteiger partial charge in [-0.15, -0.1) is 0 Å². The van der Waals surface area contributed by atoms with Gasteiger partial charge in [-0.2, -0.15) is 0 Å². The van der Waals surface area contributed by atoms with Crippen molar-refractivity contribution in [3.63, 3.8) is 0 Å². The fourth-order valence-electron chi connectivity index (χ4n) is 2.64. The molecule has 1 saturated heterocycles. The molecule has 0 N–H and O–H groups in total. The molecule has 0 radical (unpaired) electrons. The molecule has 0 saturated carbocycles. The third-order valence-electron chi connectivity index (χ3n) is 3.72. The SMILES string of the molecule is c1ccc(C2=NOCC3(c4ccccc4)OC23)cc1. The Labute approximate surface area is 111 Å². The quantitative estimate of drug-likeness (QED) is 0.769. The van der Waals surface area contributed by atoms with Gasteiger partial charge in [-0.3, -0.25) is 0 Å². The summed E-state index contributed by atoms with van der Waals surface area (Å²) >= 11 is 0. The summed E-state index contributed by atoms with van der Waals surface area (Å²) < 4.78 is 5.96. The number of fused-ring (bicyclic) bond motifs is 1. The Balaban J connectivity index is 1.71. The van der Waals surface area contributed by atoms with E-state index in [-0.39, 0.29) is 11.7 Å². The normalized spacial score (nSPS) is 28.0. The number of hydrogen-bond acceptors (Lipinski definition) is 3. The third kappa shape index (κ3) is 1.59. The molecular formula is C16H13NO2. The van der Waals surface area contributed by atoms with E-state index >= 15 is 0 Å². The van der Waals surface area contributed by atoms with E-state index in [2.05, 4.69) is 17.3 Å². The number of hydrogen-bond donors (Lipinski definition) is 0. The van der Waals surface area contributed by atoms with Crippen LogP contribution in [0, 0.1) is 0 Å². The standard InChI is InChI=1S/C16H13NO2/c1-3-7-12(8-4-1)14-15-16(19-15,11-18-17-14)13-9-5-2-6-10-13/h1-10,15H,11H2. The minimum Gasteiger partial charge on any atom is -0.392 e. The molecule has 94 valence electrons. The highest BCUT2D eigenvalue weighted by Crippen LogP contribution is 2.50. The van der Waals surface area contributed by atoms with Crippen LogP contribution in [0.1, 0.15) is 11.1 Å². The van der Waals surface area contributed by atoms with Crippen molar-refractivity contribution in [2.45, 2.75) is 11.7 Å². The molecule has 2 atom stereocenters. The first-order valence-electron chi connectivity index (χ1n) is 6.39. The highest BCUT2D eigenvalue weighted by atomic mass is 16.7. The van der Waals surface area contributed by atoms with Crippen LogP contribution in [0.5, 0.6) is 0 Å². The third-order valence-corrected chi connectivity index (χ3v) is 3.72. The molecule has 2 aromatic rings. The predicted octanol–water partition coefficient (Wildman–Crippen LogP) is 2.72. The zero-order chi connectivity index (χ0) is 12.7. The molecule has 1 fully saturated rings. The Bertz CT molecular complexity index is 624. The molecule has 2 heterocycles. The molecule has 2 aromatic carbocycles. The maximum atomic E-state index is 5.96. The Morgan fingerprint density at radius 3 is 2.37 bits per heavy atom.